The highest BCUT2D eigenvalue weighted by molar-refractivity contribution is 7.89. The Morgan fingerprint density at radius 1 is 1.32 bits per heavy atom. The molecule has 0 unspecified atom stereocenters. The van der Waals surface area contributed by atoms with Crippen molar-refractivity contribution in [1.82, 2.24) is 24.2 Å². The number of rotatable bonds is 6. The molecule has 10 nitrogen and oxygen atoms in total. The number of aromatic nitrogens is 3. The summed E-state index contributed by atoms with van der Waals surface area (Å²) in [6.07, 6.45) is 2.04. The minimum atomic E-state index is -3.73. The number of carbonyl (C=O) groups is 1. The molecule has 0 radical (unpaired) electrons. The van der Waals surface area contributed by atoms with Crippen molar-refractivity contribution < 1.29 is 23.1 Å². The number of aliphatic hydroxyl groups excluding tert-OH is 1. The van der Waals surface area contributed by atoms with Crippen LogP contribution >= 0.6 is 0 Å². The van der Waals surface area contributed by atoms with Crippen molar-refractivity contribution in [3.8, 4) is 0 Å². The van der Waals surface area contributed by atoms with Gasteiger partial charge in [-0.2, -0.15) is 4.31 Å². The zero-order chi connectivity index (χ0) is 24.9. The topological polar surface area (TPSA) is 118 Å². The number of carbonyl (C=O) groups excluding carboxylic acids is 1. The van der Waals surface area contributed by atoms with Gasteiger partial charge in [-0.25, -0.2) is 13.1 Å². The summed E-state index contributed by atoms with van der Waals surface area (Å²) in [6.45, 7) is 6.55. The molecule has 3 atom stereocenters. The molecule has 0 spiro atoms. The van der Waals surface area contributed by atoms with Gasteiger partial charge in [0.2, 0.25) is 15.9 Å². The average molecular weight is 494 g/mol. The smallest absolute Gasteiger partial charge is 0.243 e. The lowest BCUT2D eigenvalue weighted by Crippen LogP contribution is -2.47. The lowest BCUT2D eigenvalue weighted by molar-refractivity contribution is -0.136. The van der Waals surface area contributed by atoms with E-state index in [-0.39, 0.29) is 42.5 Å². The SMILES string of the molecule is Cc1ccccc1S(=O)(=O)N(C)C[C@H]1OCc2cnnn2CCCC(=O)N([C@H](C)CO)C[C@H]1C. The fourth-order valence-corrected chi connectivity index (χ4v) is 5.52. The van der Waals surface area contributed by atoms with Gasteiger partial charge in [0.15, 0.2) is 0 Å². The number of amides is 1. The highest BCUT2D eigenvalue weighted by atomic mass is 32.2. The van der Waals surface area contributed by atoms with Gasteiger partial charge in [0.1, 0.15) is 0 Å². The minimum absolute atomic E-state index is 0.0599. The van der Waals surface area contributed by atoms with Gasteiger partial charge in [-0.3, -0.25) is 4.79 Å². The molecule has 188 valence electrons. The van der Waals surface area contributed by atoms with Crippen molar-refractivity contribution in [2.24, 2.45) is 5.92 Å². The Hall–Kier alpha value is -2.34. The van der Waals surface area contributed by atoms with Crippen molar-refractivity contribution in [2.45, 2.75) is 63.8 Å². The number of hydrogen-bond acceptors (Lipinski definition) is 7. The zero-order valence-corrected chi connectivity index (χ0v) is 21.1. The molecule has 2 aromatic rings. The Bertz CT molecular complexity index is 1070. The van der Waals surface area contributed by atoms with Crippen LogP contribution in [0.3, 0.4) is 0 Å². The second kappa shape index (κ2) is 11.4. The van der Waals surface area contributed by atoms with Crippen molar-refractivity contribution in [2.75, 3.05) is 26.7 Å². The molecule has 0 saturated heterocycles. The molecule has 1 aromatic heterocycles. The Labute approximate surface area is 201 Å². The van der Waals surface area contributed by atoms with Gasteiger partial charge in [-0.15, -0.1) is 5.10 Å². The highest BCUT2D eigenvalue weighted by Gasteiger charge is 2.31. The fourth-order valence-electron chi connectivity index (χ4n) is 4.11. The van der Waals surface area contributed by atoms with Crippen LogP contribution in [0.2, 0.25) is 0 Å². The first kappa shape index (κ1) is 26.3. The Morgan fingerprint density at radius 2 is 2.06 bits per heavy atom. The normalized spacial score (nSPS) is 21.6. The van der Waals surface area contributed by atoms with E-state index in [0.29, 0.717) is 31.5 Å². The number of aliphatic hydroxyl groups is 1. The van der Waals surface area contributed by atoms with E-state index in [0.717, 1.165) is 5.69 Å². The number of fused-ring (bicyclic) bond motifs is 1. The Morgan fingerprint density at radius 3 is 2.76 bits per heavy atom. The molecule has 1 N–H and O–H groups in total. The molecule has 11 heteroatoms. The third kappa shape index (κ3) is 6.01. The second-order valence-electron chi connectivity index (χ2n) is 9.01. The van der Waals surface area contributed by atoms with Crippen molar-refractivity contribution in [3.05, 3.63) is 41.7 Å². The number of benzene rings is 1. The second-order valence-corrected chi connectivity index (χ2v) is 11.0. The van der Waals surface area contributed by atoms with Crippen LogP contribution in [-0.2, 0) is 32.7 Å². The summed E-state index contributed by atoms with van der Waals surface area (Å²) in [5, 5.41) is 17.8. The largest absolute Gasteiger partial charge is 0.394 e. The lowest BCUT2D eigenvalue weighted by Gasteiger charge is -2.35. The van der Waals surface area contributed by atoms with E-state index in [2.05, 4.69) is 10.3 Å². The maximum Gasteiger partial charge on any atom is 0.243 e. The van der Waals surface area contributed by atoms with Gasteiger partial charge in [-0.05, 0) is 31.9 Å². The van der Waals surface area contributed by atoms with E-state index >= 15 is 0 Å². The summed E-state index contributed by atoms with van der Waals surface area (Å²) in [5.41, 5.74) is 1.45. The number of sulfonamides is 1. The van der Waals surface area contributed by atoms with Crippen molar-refractivity contribution in [3.63, 3.8) is 0 Å². The predicted molar refractivity (Wildman–Crippen MR) is 126 cm³/mol. The van der Waals surface area contributed by atoms with E-state index in [1.807, 2.05) is 6.92 Å². The summed E-state index contributed by atoms with van der Waals surface area (Å²) in [7, 11) is -2.19. The van der Waals surface area contributed by atoms with Crippen LogP contribution in [-0.4, -0.2) is 82.5 Å². The number of likely N-dealkylation sites (N-methyl/N-ethyl adjacent to an activating group) is 1. The fraction of sp³-hybridized carbons (Fsp3) is 0.609. The minimum Gasteiger partial charge on any atom is -0.394 e. The molecule has 1 aromatic carbocycles. The molecule has 0 aliphatic carbocycles. The van der Waals surface area contributed by atoms with Gasteiger partial charge in [0.25, 0.3) is 0 Å². The summed E-state index contributed by atoms with van der Waals surface area (Å²) >= 11 is 0. The molecule has 0 bridgehead atoms. The molecule has 1 aliphatic rings. The van der Waals surface area contributed by atoms with E-state index in [1.54, 1.807) is 60.9 Å². The number of aryl methyl sites for hydroxylation is 2. The molecule has 1 amide bonds. The van der Waals surface area contributed by atoms with Crippen molar-refractivity contribution >= 4 is 15.9 Å². The van der Waals surface area contributed by atoms with E-state index < -0.39 is 16.1 Å². The third-order valence-electron chi connectivity index (χ3n) is 6.36. The van der Waals surface area contributed by atoms with Crippen LogP contribution in [0.15, 0.2) is 35.4 Å². The standard InChI is InChI=1S/C23H35N5O5S/c1-17-8-5-6-9-22(17)34(31,32)26(4)14-21-18(2)13-27(19(3)15-29)23(30)10-7-11-28-20(16-33-21)12-24-25-28/h5-6,8-9,12,18-19,21,29H,7,10-11,13-16H2,1-4H3/t18-,19-,21-/m1/s1. The quantitative estimate of drug-likeness (QED) is 0.647. The monoisotopic (exact) mass is 493 g/mol. The molecule has 0 fully saturated rings. The number of hydrogen-bond donors (Lipinski definition) is 1. The molecule has 2 heterocycles. The summed E-state index contributed by atoms with van der Waals surface area (Å²) < 4.78 is 35.8. The summed E-state index contributed by atoms with van der Waals surface area (Å²) in [4.78, 5) is 14.9. The summed E-state index contributed by atoms with van der Waals surface area (Å²) in [5.74, 6) is -0.258. The van der Waals surface area contributed by atoms with Crippen LogP contribution in [0.25, 0.3) is 0 Å². The van der Waals surface area contributed by atoms with Crippen LogP contribution in [0, 0.1) is 12.8 Å². The number of nitrogens with zero attached hydrogens (tertiary/aromatic N) is 5. The van der Waals surface area contributed by atoms with Gasteiger partial charge in [0, 0.05) is 39.0 Å². The number of ether oxygens (including phenoxy) is 1. The Kier molecular flexibility index (Phi) is 8.80. The maximum atomic E-state index is 13.3. The van der Waals surface area contributed by atoms with Gasteiger partial charge >= 0.3 is 0 Å². The average Bonchev–Trinajstić information content (AvgIpc) is 3.25. The molecular formula is C23H35N5O5S. The van der Waals surface area contributed by atoms with Crippen LogP contribution in [0.5, 0.6) is 0 Å². The Balaban J connectivity index is 1.88. The van der Waals surface area contributed by atoms with Crippen LogP contribution in [0.4, 0.5) is 0 Å². The van der Waals surface area contributed by atoms with E-state index in [9.17, 15) is 18.3 Å². The van der Waals surface area contributed by atoms with Gasteiger partial charge in [-0.1, -0.05) is 30.3 Å². The van der Waals surface area contributed by atoms with Gasteiger partial charge in [0.05, 0.1) is 42.1 Å². The van der Waals surface area contributed by atoms with Gasteiger partial charge < -0.3 is 14.7 Å². The molecule has 34 heavy (non-hydrogen) atoms. The zero-order valence-electron chi connectivity index (χ0n) is 20.3. The molecule has 3 rings (SSSR count). The first-order valence-electron chi connectivity index (χ1n) is 11.6. The predicted octanol–water partition coefficient (Wildman–Crippen LogP) is 1.43. The lowest BCUT2D eigenvalue weighted by atomic mass is 10.0. The van der Waals surface area contributed by atoms with E-state index in [1.165, 1.54) is 4.31 Å². The molecule has 0 saturated carbocycles. The highest BCUT2D eigenvalue weighted by Crippen LogP contribution is 2.22. The van der Waals surface area contributed by atoms with Crippen LogP contribution < -0.4 is 0 Å². The third-order valence-corrected chi connectivity index (χ3v) is 8.34. The van der Waals surface area contributed by atoms with Crippen molar-refractivity contribution in [1.29, 1.82) is 0 Å². The first-order chi connectivity index (χ1) is 16.1. The molecular weight excluding hydrogens is 458 g/mol. The van der Waals surface area contributed by atoms with E-state index in [4.69, 9.17) is 4.74 Å². The first-order valence-corrected chi connectivity index (χ1v) is 13.0. The molecule has 1 aliphatic heterocycles. The van der Waals surface area contributed by atoms with Crippen LogP contribution in [0.1, 0.15) is 37.9 Å². The summed E-state index contributed by atoms with van der Waals surface area (Å²) in [6, 6.07) is 6.52. The maximum absolute atomic E-state index is 13.3.